The second-order valence-electron chi connectivity index (χ2n) is 3.92. The average Bonchev–Trinajstić information content (AvgIpc) is 2.74. The van der Waals surface area contributed by atoms with Crippen LogP contribution >= 0.6 is 0 Å². The molecule has 1 aromatic rings. The van der Waals surface area contributed by atoms with Crippen molar-refractivity contribution in [3.05, 3.63) is 17.5 Å². The summed E-state index contributed by atoms with van der Waals surface area (Å²) in [6.07, 6.45) is 0.473. The van der Waals surface area contributed by atoms with Gasteiger partial charge in [0.2, 0.25) is 5.91 Å². The summed E-state index contributed by atoms with van der Waals surface area (Å²) in [6.45, 7) is 1.21. The van der Waals surface area contributed by atoms with Gasteiger partial charge in [0.05, 0.1) is 17.7 Å². The van der Waals surface area contributed by atoms with Crippen molar-refractivity contribution in [2.24, 2.45) is 5.92 Å². The molecule has 1 fully saturated rings. The third kappa shape index (κ3) is 1.62. The summed E-state index contributed by atoms with van der Waals surface area (Å²) in [4.78, 5) is 13.1. The van der Waals surface area contributed by atoms with Gasteiger partial charge in [-0.15, -0.1) is 0 Å². The van der Waals surface area contributed by atoms with Gasteiger partial charge in [-0.05, 0) is 13.3 Å². The highest BCUT2D eigenvalue weighted by molar-refractivity contribution is 5.81. The summed E-state index contributed by atoms with van der Waals surface area (Å²) in [6, 6.07) is 1.62. The molecule has 82 valence electrons. The predicted octanol–water partition coefficient (Wildman–Crippen LogP) is 1.47. The molecule has 1 amide bonds. The molecule has 0 spiro atoms. The van der Waals surface area contributed by atoms with Crippen LogP contribution in [0.25, 0.3) is 0 Å². The molecule has 2 atom stereocenters. The average molecular weight is 212 g/mol. The van der Waals surface area contributed by atoms with Gasteiger partial charge in [-0.1, -0.05) is 5.16 Å². The Bertz CT molecular complexity index is 377. The van der Waals surface area contributed by atoms with Crippen LogP contribution in [0.3, 0.4) is 0 Å². The fourth-order valence-electron chi connectivity index (χ4n) is 1.95. The number of alkyl halides is 1. The number of aryl methyl sites for hydroxylation is 1. The Kier molecular flexibility index (Phi) is 2.46. The minimum absolute atomic E-state index is 0.156. The maximum Gasteiger partial charge on any atom is 0.228 e. The Hall–Kier alpha value is -1.39. The standard InChI is InChI=1S/C10H13FN2O2/c1-6-3-9(15-12-6)8-4-7(5-11)10(14)13(8)2/h3,7-8H,4-5H2,1-2H3/t7-,8-/m0/s1. The molecule has 5 heteroatoms. The Balaban J connectivity index is 2.21. The first-order valence-corrected chi connectivity index (χ1v) is 4.89. The fourth-order valence-corrected chi connectivity index (χ4v) is 1.95. The molecule has 4 nitrogen and oxygen atoms in total. The topological polar surface area (TPSA) is 46.3 Å². The highest BCUT2D eigenvalue weighted by Crippen LogP contribution is 2.35. The molecule has 2 heterocycles. The summed E-state index contributed by atoms with van der Waals surface area (Å²) in [5.41, 5.74) is 0.773. The number of aromatic nitrogens is 1. The van der Waals surface area contributed by atoms with Crippen LogP contribution in [0.1, 0.15) is 23.9 Å². The number of amides is 1. The van der Waals surface area contributed by atoms with Gasteiger partial charge in [0.1, 0.15) is 6.67 Å². The zero-order valence-corrected chi connectivity index (χ0v) is 8.74. The predicted molar refractivity (Wildman–Crippen MR) is 50.8 cm³/mol. The molecule has 2 rings (SSSR count). The van der Waals surface area contributed by atoms with Crippen LogP contribution < -0.4 is 0 Å². The Morgan fingerprint density at radius 2 is 2.47 bits per heavy atom. The molecule has 0 aromatic carbocycles. The normalized spacial score (nSPS) is 26.3. The number of rotatable bonds is 2. The van der Waals surface area contributed by atoms with E-state index in [2.05, 4.69) is 5.16 Å². The van der Waals surface area contributed by atoms with E-state index in [1.54, 1.807) is 13.1 Å². The minimum Gasteiger partial charge on any atom is -0.359 e. The lowest BCUT2D eigenvalue weighted by Gasteiger charge is -2.16. The van der Waals surface area contributed by atoms with Gasteiger partial charge in [-0.25, -0.2) is 0 Å². The first-order valence-electron chi connectivity index (χ1n) is 4.89. The van der Waals surface area contributed by atoms with Crippen molar-refractivity contribution in [1.29, 1.82) is 0 Å². The van der Waals surface area contributed by atoms with Crippen LogP contribution in [-0.2, 0) is 4.79 Å². The summed E-state index contributed by atoms with van der Waals surface area (Å²) < 4.78 is 17.6. The lowest BCUT2D eigenvalue weighted by molar-refractivity contribution is -0.131. The van der Waals surface area contributed by atoms with E-state index in [-0.39, 0.29) is 11.9 Å². The van der Waals surface area contributed by atoms with Crippen molar-refractivity contribution >= 4 is 5.91 Å². The monoisotopic (exact) mass is 212 g/mol. The molecule has 1 saturated heterocycles. The first-order chi connectivity index (χ1) is 7.13. The Morgan fingerprint density at radius 3 is 2.93 bits per heavy atom. The van der Waals surface area contributed by atoms with Gasteiger partial charge in [0.15, 0.2) is 5.76 Å². The molecular weight excluding hydrogens is 199 g/mol. The van der Waals surface area contributed by atoms with Crippen LogP contribution in [0.4, 0.5) is 4.39 Å². The van der Waals surface area contributed by atoms with Gasteiger partial charge in [0, 0.05) is 13.1 Å². The molecule has 0 N–H and O–H groups in total. The highest BCUT2D eigenvalue weighted by Gasteiger charge is 2.39. The van der Waals surface area contributed by atoms with Gasteiger partial charge < -0.3 is 9.42 Å². The summed E-state index contributed by atoms with van der Waals surface area (Å²) in [5, 5.41) is 3.76. The molecule has 0 aliphatic carbocycles. The smallest absolute Gasteiger partial charge is 0.228 e. The molecule has 0 saturated carbocycles. The van der Waals surface area contributed by atoms with Crippen molar-refractivity contribution in [3.63, 3.8) is 0 Å². The molecule has 1 aliphatic heterocycles. The van der Waals surface area contributed by atoms with Gasteiger partial charge >= 0.3 is 0 Å². The lowest BCUT2D eigenvalue weighted by atomic mass is 10.1. The molecule has 0 unspecified atom stereocenters. The number of halogens is 1. The Labute approximate surface area is 87.0 Å². The van der Waals surface area contributed by atoms with E-state index in [0.717, 1.165) is 5.69 Å². The molecule has 1 aliphatic rings. The zero-order chi connectivity index (χ0) is 11.0. The van der Waals surface area contributed by atoms with Crippen LogP contribution in [0, 0.1) is 12.8 Å². The largest absolute Gasteiger partial charge is 0.359 e. The SMILES string of the molecule is Cc1cc([C@@H]2C[C@@H](CF)C(=O)N2C)on1. The molecule has 1 aromatic heterocycles. The van der Waals surface area contributed by atoms with Crippen LogP contribution in [0.15, 0.2) is 10.6 Å². The maximum atomic E-state index is 12.5. The number of carbonyl (C=O) groups excluding carboxylic acids is 1. The zero-order valence-electron chi connectivity index (χ0n) is 8.74. The molecule has 15 heavy (non-hydrogen) atoms. The van der Waals surface area contributed by atoms with Gasteiger partial charge in [-0.3, -0.25) is 9.18 Å². The van der Waals surface area contributed by atoms with Gasteiger partial charge in [-0.2, -0.15) is 0 Å². The van der Waals surface area contributed by atoms with E-state index >= 15 is 0 Å². The number of nitrogens with zero attached hydrogens (tertiary/aromatic N) is 2. The maximum absolute atomic E-state index is 12.5. The second kappa shape index (κ2) is 3.64. The van der Waals surface area contributed by atoms with Crippen molar-refractivity contribution < 1.29 is 13.7 Å². The minimum atomic E-state index is -0.604. The summed E-state index contributed by atoms with van der Waals surface area (Å²) in [7, 11) is 1.67. The fraction of sp³-hybridized carbons (Fsp3) is 0.600. The van der Waals surface area contributed by atoms with E-state index in [1.165, 1.54) is 4.90 Å². The number of hydrogen-bond acceptors (Lipinski definition) is 3. The van der Waals surface area contributed by atoms with Crippen molar-refractivity contribution in [1.82, 2.24) is 10.1 Å². The number of likely N-dealkylation sites (tertiary alicyclic amines) is 1. The summed E-state index contributed by atoms with van der Waals surface area (Å²) >= 11 is 0. The molecule has 0 radical (unpaired) electrons. The van der Waals surface area contributed by atoms with E-state index in [0.29, 0.717) is 12.2 Å². The number of carbonyl (C=O) groups is 1. The second-order valence-corrected chi connectivity index (χ2v) is 3.92. The van der Waals surface area contributed by atoms with E-state index in [9.17, 15) is 9.18 Å². The van der Waals surface area contributed by atoms with Crippen LogP contribution in [0.5, 0.6) is 0 Å². The van der Waals surface area contributed by atoms with E-state index in [1.807, 2.05) is 6.92 Å². The third-order valence-corrected chi connectivity index (χ3v) is 2.83. The van der Waals surface area contributed by atoms with Crippen molar-refractivity contribution in [3.8, 4) is 0 Å². The highest BCUT2D eigenvalue weighted by atomic mass is 19.1. The van der Waals surface area contributed by atoms with Gasteiger partial charge in [0.25, 0.3) is 0 Å². The Morgan fingerprint density at radius 1 is 1.73 bits per heavy atom. The number of hydrogen-bond donors (Lipinski definition) is 0. The van der Waals surface area contributed by atoms with E-state index < -0.39 is 12.6 Å². The van der Waals surface area contributed by atoms with Crippen molar-refractivity contribution in [2.75, 3.05) is 13.7 Å². The first kappa shape index (κ1) is 10.1. The van der Waals surface area contributed by atoms with E-state index in [4.69, 9.17) is 4.52 Å². The quantitative estimate of drug-likeness (QED) is 0.745. The summed E-state index contributed by atoms with van der Waals surface area (Å²) in [5.74, 6) is -0.0405. The van der Waals surface area contributed by atoms with Crippen molar-refractivity contribution in [2.45, 2.75) is 19.4 Å². The lowest BCUT2D eigenvalue weighted by Crippen LogP contribution is -2.25. The van der Waals surface area contributed by atoms with Crippen LogP contribution in [0.2, 0.25) is 0 Å². The third-order valence-electron chi connectivity index (χ3n) is 2.83. The van der Waals surface area contributed by atoms with Crippen LogP contribution in [-0.4, -0.2) is 29.7 Å². The molecular formula is C10H13FN2O2. The molecule has 0 bridgehead atoms.